The molecule has 1 aromatic rings. The first-order chi connectivity index (χ1) is 8.46. The molecule has 0 bridgehead atoms. The Hall–Kier alpha value is -0.970. The van der Waals surface area contributed by atoms with Crippen molar-refractivity contribution < 1.29 is 17.6 Å². The van der Waals surface area contributed by atoms with Crippen molar-refractivity contribution in [2.75, 3.05) is 6.54 Å². The lowest BCUT2D eigenvalue weighted by atomic mass is 10.1. The molecule has 0 aromatic carbocycles. The van der Waals surface area contributed by atoms with Gasteiger partial charge in [0.05, 0.1) is 6.04 Å². The molecule has 5 heteroatoms. The largest absolute Gasteiger partial charge is 0.464 e. The summed E-state index contributed by atoms with van der Waals surface area (Å²) in [4.78, 5) is 0. The fraction of sp³-hybridized carbons (Fsp3) is 0.692. The minimum Gasteiger partial charge on any atom is -0.464 e. The number of nitrogens with one attached hydrogen (secondary N) is 1. The zero-order valence-electron chi connectivity index (χ0n) is 10.8. The summed E-state index contributed by atoms with van der Waals surface area (Å²) in [6.45, 7) is 4.62. The monoisotopic (exact) mass is 263 g/mol. The molecule has 0 aliphatic rings. The van der Waals surface area contributed by atoms with Crippen molar-refractivity contribution in [3.63, 3.8) is 0 Å². The Kier molecular flexibility index (Phi) is 5.72. The molecule has 1 atom stereocenters. The van der Waals surface area contributed by atoms with Crippen molar-refractivity contribution in [3.8, 4) is 0 Å². The number of aryl methyl sites for hydroxylation is 1. The molecule has 18 heavy (non-hydrogen) atoms. The molecular formula is C13H20F3NO. The van der Waals surface area contributed by atoms with E-state index in [2.05, 4.69) is 5.32 Å². The number of furan rings is 1. The van der Waals surface area contributed by atoms with Gasteiger partial charge in [-0.25, -0.2) is 0 Å². The van der Waals surface area contributed by atoms with Crippen LogP contribution >= 0.6 is 0 Å². The highest BCUT2D eigenvalue weighted by Gasteiger charge is 2.29. The minimum absolute atomic E-state index is 0.0141. The van der Waals surface area contributed by atoms with Gasteiger partial charge in [-0.1, -0.05) is 13.8 Å². The van der Waals surface area contributed by atoms with Gasteiger partial charge in [0.2, 0.25) is 0 Å². The van der Waals surface area contributed by atoms with E-state index in [1.807, 2.05) is 19.9 Å². The van der Waals surface area contributed by atoms with Gasteiger partial charge in [-0.2, -0.15) is 13.2 Å². The van der Waals surface area contributed by atoms with Crippen LogP contribution in [0, 0.1) is 0 Å². The number of hydrogen-bond donors (Lipinski definition) is 1. The molecule has 0 saturated heterocycles. The zero-order valence-corrected chi connectivity index (χ0v) is 10.8. The van der Waals surface area contributed by atoms with Crippen molar-refractivity contribution in [2.45, 2.75) is 51.7 Å². The molecule has 0 fully saturated rings. The molecule has 0 amide bonds. The van der Waals surface area contributed by atoms with E-state index >= 15 is 0 Å². The molecule has 1 heterocycles. The Labute approximate surface area is 106 Å². The first-order valence-corrected chi connectivity index (χ1v) is 6.35. The first kappa shape index (κ1) is 15.1. The van der Waals surface area contributed by atoms with Crippen molar-refractivity contribution in [2.24, 2.45) is 0 Å². The molecule has 0 radical (unpaired) electrons. The van der Waals surface area contributed by atoms with E-state index in [1.54, 1.807) is 6.07 Å². The van der Waals surface area contributed by atoms with Gasteiger partial charge >= 0.3 is 6.18 Å². The topological polar surface area (TPSA) is 25.2 Å². The van der Waals surface area contributed by atoms with Crippen LogP contribution < -0.4 is 5.32 Å². The maximum atomic E-state index is 12.3. The highest BCUT2D eigenvalue weighted by atomic mass is 19.4. The fourth-order valence-electron chi connectivity index (χ4n) is 1.74. The Bertz CT molecular complexity index is 346. The van der Waals surface area contributed by atoms with E-state index in [0.717, 1.165) is 18.6 Å². The summed E-state index contributed by atoms with van der Waals surface area (Å²) in [5, 5.41) is 3.10. The second kappa shape index (κ2) is 6.83. The lowest BCUT2D eigenvalue weighted by molar-refractivity contribution is -0.136. The van der Waals surface area contributed by atoms with E-state index < -0.39 is 12.6 Å². The van der Waals surface area contributed by atoms with Crippen LogP contribution in [0.1, 0.15) is 50.7 Å². The molecule has 1 unspecified atom stereocenters. The standard InChI is InChI=1S/C13H20F3NO/c1-3-9-17-11(7-8-13(14,15)16)12-6-5-10(4-2)18-12/h5-6,11,17H,3-4,7-9H2,1-2H3. The summed E-state index contributed by atoms with van der Waals surface area (Å²) in [5.74, 6) is 1.41. The molecule has 0 spiro atoms. The van der Waals surface area contributed by atoms with E-state index in [9.17, 15) is 13.2 Å². The quantitative estimate of drug-likeness (QED) is 0.796. The zero-order chi connectivity index (χ0) is 13.6. The highest BCUT2D eigenvalue weighted by Crippen LogP contribution is 2.28. The summed E-state index contributed by atoms with van der Waals surface area (Å²) in [5.41, 5.74) is 0. The van der Waals surface area contributed by atoms with Crippen LogP contribution in [0.25, 0.3) is 0 Å². The predicted molar refractivity (Wildman–Crippen MR) is 64.4 cm³/mol. The van der Waals surface area contributed by atoms with Crippen molar-refractivity contribution in [3.05, 3.63) is 23.7 Å². The van der Waals surface area contributed by atoms with E-state index in [0.29, 0.717) is 12.3 Å². The summed E-state index contributed by atoms with van der Waals surface area (Å²) in [6, 6.07) is 3.23. The maximum absolute atomic E-state index is 12.3. The van der Waals surface area contributed by atoms with E-state index in [-0.39, 0.29) is 12.5 Å². The number of alkyl halides is 3. The van der Waals surface area contributed by atoms with Crippen LogP contribution in [0.2, 0.25) is 0 Å². The summed E-state index contributed by atoms with van der Waals surface area (Å²) < 4.78 is 42.3. The third kappa shape index (κ3) is 5.12. The Balaban J connectivity index is 2.64. The highest BCUT2D eigenvalue weighted by molar-refractivity contribution is 5.10. The lowest BCUT2D eigenvalue weighted by Crippen LogP contribution is -2.23. The van der Waals surface area contributed by atoms with Gasteiger partial charge in [0.25, 0.3) is 0 Å². The second-order valence-corrected chi connectivity index (χ2v) is 4.32. The Morgan fingerprint density at radius 3 is 2.50 bits per heavy atom. The molecular weight excluding hydrogens is 243 g/mol. The first-order valence-electron chi connectivity index (χ1n) is 6.35. The summed E-state index contributed by atoms with van der Waals surface area (Å²) in [7, 11) is 0. The second-order valence-electron chi connectivity index (χ2n) is 4.32. The molecule has 1 rings (SSSR count). The van der Waals surface area contributed by atoms with Gasteiger partial charge in [-0.15, -0.1) is 0 Å². The Morgan fingerprint density at radius 1 is 1.28 bits per heavy atom. The van der Waals surface area contributed by atoms with Crippen molar-refractivity contribution in [1.82, 2.24) is 5.32 Å². The molecule has 0 aliphatic heterocycles. The summed E-state index contributed by atoms with van der Waals surface area (Å²) in [6.07, 6.45) is -3.27. The molecule has 2 nitrogen and oxygen atoms in total. The van der Waals surface area contributed by atoms with Crippen LogP contribution in [0.3, 0.4) is 0 Å². The summed E-state index contributed by atoms with van der Waals surface area (Å²) >= 11 is 0. The van der Waals surface area contributed by atoms with Crippen LogP contribution in [0.4, 0.5) is 13.2 Å². The van der Waals surface area contributed by atoms with E-state index in [4.69, 9.17) is 4.42 Å². The van der Waals surface area contributed by atoms with E-state index in [1.165, 1.54) is 0 Å². The smallest absolute Gasteiger partial charge is 0.389 e. The third-order valence-corrected chi connectivity index (χ3v) is 2.73. The van der Waals surface area contributed by atoms with Crippen molar-refractivity contribution in [1.29, 1.82) is 0 Å². The lowest BCUT2D eigenvalue weighted by Gasteiger charge is -2.17. The van der Waals surface area contributed by atoms with Gasteiger partial charge in [-0.05, 0) is 31.5 Å². The maximum Gasteiger partial charge on any atom is 0.389 e. The van der Waals surface area contributed by atoms with Crippen LogP contribution in [0.5, 0.6) is 0 Å². The van der Waals surface area contributed by atoms with Gasteiger partial charge in [0.1, 0.15) is 11.5 Å². The normalized spacial score (nSPS) is 13.8. The molecule has 0 saturated carbocycles. The van der Waals surface area contributed by atoms with Gasteiger partial charge in [-0.3, -0.25) is 0 Å². The number of halogens is 3. The average molecular weight is 263 g/mol. The van der Waals surface area contributed by atoms with Gasteiger partial charge in [0.15, 0.2) is 0 Å². The minimum atomic E-state index is -4.12. The van der Waals surface area contributed by atoms with Crippen molar-refractivity contribution >= 4 is 0 Å². The van der Waals surface area contributed by atoms with Crippen LogP contribution in [0.15, 0.2) is 16.5 Å². The Morgan fingerprint density at radius 2 is 2.00 bits per heavy atom. The average Bonchev–Trinajstić information content (AvgIpc) is 2.76. The van der Waals surface area contributed by atoms with Crippen LogP contribution in [-0.4, -0.2) is 12.7 Å². The van der Waals surface area contributed by atoms with Gasteiger partial charge < -0.3 is 9.73 Å². The number of hydrogen-bond acceptors (Lipinski definition) is 2. The fourth-order valence-corrected chi connectivity index (χ4v) is 1.74. The van der Waals surface area contributed by atoms with Gasteiger partial charge in [0, 0.05) is 12.8 Å². The number of rotatable bonds is 7. The molecule has 1 N–H and O–H groups in total. The molecule has 0 aliphatic carbocycles. The molecule has 1 aromatic heterocycles. The molecule has 104 valence electrons. The SMILES string of the molecule is CCCNC(CCC(F)(F)F)c1ccc(CC)o1. The third-order valence-electron chi connectivity index (χ3n) is 2.73. The predicted octanol–water partition coefficient (Wildman–Crippen LogP) is 4.23. The van der Waals surface area contributed by atoms with Crippen LogP contribution in [-0.2, 0) is 6.42 Å².